The van der Waals surface area contributed by atoms with Crippen molar-refractivity contribution >= 4 is 11.9 Å². The van der Waals surface area contributed by atoms with Gasteiger partial charge in [0.05, 0.1) is 6.61 Å². The standard InChI is InChI=1S/C16H23NO4/c1-4-5-9-20-16(19)15(13-7-6-8-17-11-13)21-14(18)10-12(2)3/h6-8,11-12,15H,4-5,9-10H2,1-3H3. The predicted molar refractivity (Wildman–Crippen MR) is 78.4 cm³/mol. The molecule has 1 aromatic heterocycles. The molecule has 0 aliphatic rings. The van der Waals surface area contributed by atoms with E-state index >= 15 is 0 Å². The lowest BCUT2D eigenvalue weighted by atomic mass is 10.1. The molecule has 1 aromatic rings. The van der Waals surface area contributed by atoms with Crippen LogP contribution in [0, 0.1) is 5.92 Å². The first-order chi connectivity index (χ1) is 10.0. The molecule has 0 saturated carbocycles. The topological polar surface area (TPSA) is 65.5 Å². The minimum atomic E-state index is -1.04. The molecule has 0 amide bonds. The number of pyridine rings is 1. The molecule has 0 saturated heterocycles. The third kappa shape index (κ3) is 6.38. The number of carbonyl (C=O) groups excluding carboxylic acids is 2. The summed E-state index contributed by atoms with van der Waals surface area (Å²) in [5, 5.41) is 0. The Kier molecular flexibility index (Phi) is 7.43. The number of hydrogen-bond acceptors (Lipinski definition) is 5. The van der Waals surface area contributed by atoms with E-state index in [2.05, 4.69) is 4.98 Å². The fraction of sp³-hybridized carbons (Fsp3) is 0.562. The first kappa shape index (κ1) is 17.1. The largest absolute Gasteiger partial charge is 0.463 e. The van der Waals surface area contributed by atoms with Crippen molar-refractivity contribution in [1.82, 2.24) is 4.98 Å². The Balaban J connectivity index is 2.75. The number of aromatic nitrogens is 1. The Morgan fingerprint density at radius 3 is 2.67 bits per heavy atom. The third-order valence-corrected chi connectivity index (χ3v) is 2.77. The Morgan fingerprint density at radius 2 is 2.10 bits per heavy atom. The third-order valence-electron chi connectivity index (χ3n) is 2.77. The zero-order valence-electron chi connectivity index (χ0n) is 12.9. The SMILES string of the molecule is CCCCOC(=O)C(OC(=O)CC(C)C)c1cccnc1. The zero-order valence-corrected chi connectivity index (χ0v) is 12.9. The molecule has 1 atom stereocenters. The van der Waals surface area contributed by atoms with Crippen LogP contribution in [-0.2, 0) is 19.1 Å². The van der Waals surface area contributed by atoms with Crippen LogP contribution in [0.3, 0.4) is 0 Å². The average Bonchev–Trinajstić information content (AvgIpc) is 2.45. The first-order valence-electron chi connectivity index (χ1n) is 7.30. The van der Waals surface area contributed by atoms with Crippen molar-refractivity contribution in [3.63, 3.8) is 0 Å². The molecular formula is C16H23NO4. The van der Waals surface area contributed by atoms with E-state index < -0.39 is 18.0 Å². The summed E-state index contributed by atoms with van der Waals surface area (Å²) in [6.07, 6.45) is 4.04. The van der Waals surface area contributed by atoms with Gasteiger partial charge < -0.3 is 9.47 Å². The van der Waals surface area contributed by atoms with Gasteiger partial charge in [-0.2, -0.15) is 0 Å². The molecule has 5 nitrogen and oxygen atoms in total. The average molecular weight is 293 g/mol. The maximum Gasteiger partial charge on any atom is 0.352 e. The van der Waals surface area contributed by atoms with E-state index in [-0.39, 0.29) is 12.3 Å². The number of ether oxygens (including phenoxy) is 2. The Hall–Kier alpha value is -1.91. The van der Waals surface area contributed by atoms with Gasteiger partial charge in [-0.1, -0.05) is 33.3 Å². The van der Waals surface area contributed by atoms with Crippen LogP contribution < -0.4 is 0 Å². The molecule has 0 aromatic carbocycles. The fourth-order valence-electron chi connectivity index (χ4n) is 1.69. The normalized spacial score (nSPS) is 12.0. The number of carbonyl (C=O) groups is 2. The van der Waals surface area contributed by atoms with Crippen molar-refractivity contribution in [1.29, 1.82) is 0 Å². The van der Waals surface area contributed by atoms with Gasteiger partial charge in [-0.25, -0.2) is 4.79 Å². The molecule has 1 heterocycles. The lowest BCUT2D eigenvalue weighted by Gasteiger charge is -2.17. The number of nitrogens with zero attached hydrogens (tertiary/aromatic N) is 1. The summed E-state index contributed by atoms with van der Waals surface area (Å²) < 4.78 is 10.4. The van der Waals surface area contributed by atoms with Crippen molar-refractivity contribution in [2.75, 3.05) is 6.61 Å². The van der Waals surface area contributed by atoms with Crippen LogP contribution in [-0.4, -0.2) is 23.5 Å². The summed E-state index contributed by atoms with van der Waals surface area (Å²) in [5.41, 5.74) is 0.524. The quantitative estimate of drug-likeness (QED) is 0.544. The second-order valence-electron chi connectivity index (χ2n) is 5.28. The van der Waals surface area contributed by atoms with E-state index in [9.17, 15) is 9.59 Å². The Labute approximate surface area is 125 Å². The van der Waals surface area contributed by atoms with E-state index in [0.29, 0.717) is 12.2 Å². The molecule has 0 fully saturated rings. The van der Waals surface area contributed by atoms with E-state index in [0.717, 1.165) is 12.8 Å². The second-order valence-corrected chi connectivity index (χ2v) is 5.28. The summed E-state index contributed by atoms with van der Waals surface area (Å²) in [4.78, 5) is 27.9. The van der Waals surface area contributed by atoms with Gasteiger partial charge in [-0.15, -0.1) is 0 Å². The molecule has 0 aliphatic carbocycles. The van der Waals surface area contributed by atoms with E-state index in [1.165, 1.54) is 6.20 Å². The fourth-order valence-corrected chi connectivity index (χ4v) is 1.69. The summed E-state index contributed by atoms with van der Waals surface area (Å²) in [6.45, 7) is 6.17. The van der Waals surface area contributed by atoms with Gasteiger partial charge in [-0.3, -0.25) is 9.78 Å². The van der Waals surface area contributed by atoms with Crippen LogP contribution in [0.1, 0.15) is 51.7 Å². The number of esters is 2. The first-order valence-corrected chi connectivity index (χ1v) is 7.30. The maximum atomic E-state index is 12.1. The lowest BCUT2D eigenvalue weighted by Crippen LogP contribution is -2.23. The molecule has 0 N–H and O–H groups in total. The van der Waals surface area contributed by atoms with Crippen molar-refractivity contribution in [2.24, 2.45) is 5.92 Å². The number of unbranched alkanes of at least 4 members (excludes halogenated alkanes) is 1. The van der Waals surface area contributed by atoms with Crippen molar-refractivity contribution < 1.29 is 19.1 Å². The van der Waals surface area contributed by atoms with Gasteiger partial charge in [0.25, 0.3) is 0 Å². The van der Waals surface area contributed by atoms with Crippen LogP contribution in [0.4, 0.5) is 0 Å². The monoisotopic (exact) mass is 293 g/mol. The van der Waals surface area contributed by atoms with E-state index in [4.69, 9.17) is 9.47 Å². The highest BCUT2D eigenvalue weighted by Gasteiger charge is 2.27. The maximum absolute atomic E-state index is 12.1. The van der Waals surface area contributed by atoms with Crippen LogP contribution >= 0.6 is 0 Å². The van der Waals surface area contributed by atoms with Crippen LogP contribution in [0.25, 0.3) is 0 Å². The molecule has 0 radical (unpaired) electrons. The molecule has 116 valence electrons. The van der Waals surface area contributed by atoms with Gasteiger partial charge in [0.15, 0.2) is 0 Å². The molecule has 5 heteroatoms. The van der Waals surface area contributed by atoms with E-state index in [1.54, 1.807) is 18.3 Å². The minimum Gasteiger partial charge on any atom is -0.463 e. The molecule has 1 rings (SSSR count). The highest BCUT2D eigenvalue weighted by Crippen LogP contribution is 2.20. The van der Waals surface area contributed by atoms with Crippen molar-refractivity contribution in [3.05, 3.63) is 30.1 Å². The predicted octanol–water partition coefficient (Wildman–Crippen LogP) is 3.06. The van der Waals surface area contributed by atoms with E-state index in [1.807, 2.05) is 20.8 Å². The van der Waals surface area contributed by atoms with Crippen molar-refractivity contribution in [3.8, 4) is 0 Å². The van der Waals surface area contributed by atoms with Crippen LogP contribution in [0.5, 0.6) is 0 Å². The summed E-state index contributed by atoms with van der Waals surface area (Å²) in [7, 11) is 0. The van der Waals surface area contributed by atoms with Crippen molar-refractivity contribution in [2.45, 2.75) is 46.1 Å². The van der Waals surface area contributed by atoms with Gasteiger partial charge in [0.2, 0.25) is 6.10 Å². The molecule has 0 bridgehead atoms. The second kappa shape index (κ2) is 9.10. The lowest BCUT2D eigenvalue weighted by molar-refractivity contribution is -0.169. The molecular weight excluding hydrogens is 270 g/mol. The summed E-state index contributed by atoms with van der Waals surface area (Å²) in [5.74, 6) is -0.789. The van der Waals surface area contributed by atoms with Gasteiger partial charge >= 0.3 is 11.9 Å². The highest BCUT2D eigenvalue weighted by molar-refractivity contribution is 5.80. The summed E-state index contributed by atoms with van der Waals surface area (Å²) in [6, 6.07) is 3.39. The number of hydrogen-bond donors (Lipinski definition) is 0. The molecule has 0 aliphatic heterocycles. The highest BCUT2D eigenvalue weighted by atomic mass is 16.6. The smallest absolute Gasteiger partial charge is 0.352 e. The van der Waals surface area contributed by atoms with Gasteiger partial charge in [0, 0.05) is 24.4 Å². The zero-order chi connectivity index (χ0) is 15.7. The minimum absolute atomic E-state index is 0.170. The summed E-state index contributed by atoms with van der Waals surface area (Å²) >= 11 is 0. The van der Waals surface area contributed by atoms with Gasteiger partial charge in [-0.05, 0) is 18.4 Å². The Bertz CT molecular complexity index is 445. The molecule has 1 unspecified atom stereocenters. The van der Waals surface area contributed by atoms with Crippen LogP contribution in [0.2, 0.25) is 0 Å². The molecule has 21 heavy (non-hydrogen) atoms. The van der Waals surface area contributed by atoms with Gasteiger partial charge in [0.1, 0.15) is 0 Å². The number of rotatable bonds is 8. The van der Waals surface area contributed by atoms with Crippen LogP contribution in [0.15, 0.2) is 24.5 Å². The molecule has 0 spiro atoms. The Morgan fingerprint density at radius 1 is 1.33 bits per heavy atom.